The number of carbonyl (C=O) groups excluding carboxylic acids is 1. The van der Waals surface area contributed by atoms with Crippen LogP contribution in [0.25, 0.3) is 6.08 Å². The lowest BCUT2D eigenvalue weighted by atomic mass is 9.96. The number of aromatic hydroxyl groups is 1. The van der Waals surface area contributed by atoms with Crippen molar-refractivity contribution in [3.8, 4) is 11.5 Å². The molecule has 0 unspecified atom stereocenters. The topological polar surface area (TPSA) is 90.1 Å². The number of carbonyl (C=O) groups is 1. The van der Waals surface area contributed by atoms with Gasteiger partial charge >= 0.3 is 5.97 Å². The van der Waals surface area contributed by atoms with Crippen LogP contribution >= 0.6 is 27.3 Å². The van der Waals surface area contributed by atoms with Crippen molar-refractivity contribution in [3.63, 3.8) is 0 Å². The standard InChI is InChI=1S/C24H21BrN2O5S/c1-4-32-23(30)20-13(2)26-24-27(21(20)15-9-10-18(31-3)16(25)11-15)22(29)19(33-24)12-14-7-5-6-8-17(14)28/h5-12,21,28H,4H2,1-3H3/b19-12+/t21-/m1/s1. The highest BCUT2D eigenvalue weighted by atomic mass is 79.9. The van der Waals surface area contributed by atoms with Gasteiger partial charge in [0, 0.05) is 5.56 Å². The van der Waals surface area contributed by atoms with E-state index in [1.54, 1.807) is 57.4 Å². The first kappa shape index (κ1) is 23.0. The Labute approximate surface area is 202 Å². The minimum Gasteiger partial charge on any atom is -0.507 e. The van der Waals surface area contributed by atoms with Gasteiger partial charge in [-0.2, -0.15) is 0 Å². The summed E-state index contributed by atoms with van der Waals surface area (Å²) in [5, 5.41) is 10.1. The van der Waals surface area contributed by atoms with Crippen molar-refractivity contribution in [2.24, 2.45) is 4.99 Å². The second-order valence-electron chi connectivity index (χ2n) is 7.26. The average molecular weight is 529 g/mol. The summed E-state index contributed by atoms with van der Waals surface area (Å²) >= 11 is 4.69. The van der Waals surface area contributed by atoms with E-state index in [2.05, 4.69) is 20.9 Å². The summed E-state index contributed by atoms with van der Waals surface area (Å²) in [6, 6.07) is 11.5. The number of nitrogens with zero attached hydrogens (tertiary/aromatic N) is 2. The summed E-state index contributed by atoms with van der Waals surface area (Å²) in [7, 11) is 1.57. The summed E-state index contributed by atoms with van der Waals surface area (Å²) in [4.78, 5) is 31.5. The van der Waals surface area contributed by atoms with E-state index in [0.717, 1.165) is 0 Å². The lowest BCUT2D eigenvalue weighted by molar-refractivity contribution is -0.139. The maximum absolute atomic E-state index is 13.5. The number of hydrogen-bond acceptors (Lipinski definition) is 7. The van der Waals surface area contributed by atoms with Crippen LogP contribution in [0.1, 0.15) is 31.0 Å². The number of esters is 1. The molecule has 0 saturated carbocycles. The molecule has 2 heterocycles. The third kappa shape index (κ3) is 4.26. The van der Waals surface area contributed by atoms with Crippen LogP contribution in [0.3, 0.4) is 0 Å². The molecule has 0 saturated heterocycles. The van der Waals surface area contributed by atoms with Gasteiger partial charge in [0.25, 0.3) is 5.56 Å². The van der Waals surface area contributed by atoms with Gasteiger partial charge in [0.2, 0.25) is 0 Å². The molecule has 170 valence electrons. The molecule has 0 aliphatic carbocycles. The molecule has 1 N–H and O–H groups in total. The van der Waals surface area contributed by atoms with Crippen LogP contribution in [-0.4, -0.2) is 29.4 Å². The van der Waals surface area contributed by atoms with Crippen molar-refractivity contribution >= 4 is 39.3 Å². The molecule has 0 bridgehead atoms. The first-order valence-electron chi connectivity index (χ1n) is 10.2. The van der Waals surface area contributed by atoms with Crippen molar-refractivity contribution in [1.29, 1.82) is 0 Å². The van der Waals surface area contributed by atoms with Gasteiger partial charge in [-0.3, -0.25) is 9.36 Å². The molecular weight excluding hydrogens is 508 g/mol. The number of thiazole rings is 1. The van der Waals surface area contributed by atoms with Crippen molar-refractivity contribution in [2.45, 2.75) is 19.9 Å². The fourth-order valence-electron chi connectivity index (χ4n) is 3.71. The highest BCUT2D eigenvalue weighted by Gasteiger charge is 2.33. The van der Waals surface area contributed by atoms with Crippen LogP contribution in [0.15, 0.2) is 68.0 Å². The van der Waals surface area contributed by atoms with Crippen LogP contribution in [0.5, 0.6) is 11.5 Å². The predicted octanol–water partition coefficient (Wildman–Crippen LogP) is 3.28. The number of hydrogen-bond donors (Lipinski definition) is 1. The number of phenols is 1. The van der Waals surface area contributed by atoms with E-state index in [-0.39, 0.29) is 17.9 Å². The molecule has 1 atom stereocenters. The lowest BCUT2D eigenvalue weighted by Crippen LogP contribution is -2.39. The van der Waals surface area contributed by atoms with E-state index < -0.39 is 12.0 Å². The zero-order chi connectivity index (χ0) is 23.7. The first-order valence-corrected chi connectivity index (χ1v) is 11.8. The normalized spacial score (nSPS) is 15.8. The third-order valence-corrected chi connectivity index (χ3v) is 6.83. The van der Waals surface area contributed by atoms with E-state index in [0.29, 0.717) is 42.0 Å². The van der Waals surface area contributed by atoms with Crippen molar-refractivity contribution in [1.82, 2.24) is 4.57 Å². The number of aromatic nitrogens is 1. The number of fused-ring (bicyclic) bond motifs is 1. The maximum Gasteiger partial charge on any atom is 0.338 e. The molecule has 1 aliphatic rings. The van der Waals surface area contributed by atoms with Crippen LogP contribution in [0, 0.1) is 0 Å². The second kappa shape index (κ2) is 9.36. The maximum atomic E-state index is 13.5. The number of allylic oxidation sites excluding steroid dienone is 1. The second-order valence-corrected chi connectivity index (χ2v) is 9.12. The van der Waals surface area contributed by atoms with Gasteiger partial charge in [0.15, 0.2) is 4.80 Å². The predicted molar refractivity (Wildman–Crippen MR) is 129 cm³/mol. The van der Waals surface area contributed by atoms with Gasteiger partial charge in [0.1, 0.15) is 11.5 Å². The molecule has 4 rings (SSSR count). The van der Waals surface area contributed by atoms with E-state index in [1.165, 1.54) is 15.9 Å². The highest BCUT2D eigenvalue weighted by molar-refractivity contribution is 9.10. The molecule has 3 aromatic rings. The molecular formula is C24H21BrN2O5S. The largest absolute Gasteiger partial charge is 0.507 e. The quantitative estimate of drug-likeness (QED) is 0.513. The smallest absolute Gasteiger partial charge is 0.338 e. The van der Waals surface area contributed by atoms with Crippen LogP contribution in [0.2, 0.25) is 0 Å². The zero-order valence-corrected chi connectivity index (χ0v) is 20.6. The number of methoxy groups -OCH3 is 1. The Morgan fingerprint density at radius 2 is 2.06 bits per heavy atom. The SMILES string of the molecule is CCOC(=O)C1=C(C)N=c2s/c(=C/c3ccccc3O)c(=O)n2[C@@H]1c1ccc(OC)c(Br)c1. The number of halogens is 1. The summed E-state index contributed by atoms with van der Waals surface area (Å²) in [6.45, 7) is 3.67. The molecule has 33 heavy (non-hydrogen) atoms. The van der Waals surface area contributed by atoms with E-state index in [1.807, 2.05) is 12.1 Å². The fraction of sp³-hybridized carbons (Fsp3) is 0.208. The van der Waals surface area contributed by atoms with Crippen LogP contribution < -0.4 is 19.6 Å². The zero-order valence-electron chi connectivity index (χ0n) is 18.2. The average Bonchev–Trinajstić information content (AvgIpc) is 3.09. The fourth-order valence-corrected chi connectivity index (χ4v) is 5.31. The molecule has 0 fully saturated rings. The van der Waals surface area contributed by atoms with Gasteiger partial charge in [-0.1, -0.05) is 35.6 Å². The van der Waals surface area contributed by atoms with Gasteiger partial charge in [-0.25, -0.2) is 9.79 Å². The van der Waals surface area contributed by atoms with Gasteiger partial charge < -0.3 is 14.6 Å². The van der Waals surface area contributed by atoms with E-state index >= 15 is 0 Å². The molecule has 0 radical (unpaired) electrons. The lowest BCUT2D eigenvalue weighted by Gasteiger charge is -2.25. The van der Waals surface area contributed by atoms with Crippen LogP contribution in [-0.2, 0) is 9.53 Å². The summed E-state index contributed by atoms with van der Waals surface area (Å²) in [5.41, 5.74) is 1.70. The molecule has 1 aliphatic heterocycles. The Balaban J connectivity index is 1.98. The van der Waals surface area contributed by atoms with Crippen molar-refractivity contribution in [3.05, 3.63) is 89.0 Å². The number of para-hydroxylation sites is 1. The molecule has 7 nitrogen and oxygen atoms in total. The van der Waals surface area contributed by atoms with Crippen molar-refractivity contribution in [2.75, 3.05) is 13.7 Å². The van der Waals surface area contributed by atoms with Gasteiger partial charge in [0.05, 0.1) is 40.0 Å². The third-order valence-electron chi connectivity index (χ3n) is 5.23. The van der Waals surface area contributed by atoms with E-state index in [9.17, 15) is 14.7 Å². The first-order chi connectivity index (χ1) is 15.8. The van der Waals surface area contributed by atoms with E-state index in [4.69, 9.17) is 9.47 Å². The Kier molecular flexibility index (Phi) is 6.53. The Morgan fingerprint density at radius 3 is 2.73 bits per heavy atom. The van der Waals surface area contributed by atoms with Gasteiger partial charge in [-0.05, 0) is 59.6 Å². The molecule has 0 amide bonds. The summed E-state index contributed by atoms with van der Waals surface area (Å²) in [5.74, 6) is 0.178. The Bertz CT molecular complexity index is 1450. The minimum absolute atomic E-state index is 0.0716. The summed E-state index contributed by atoms with van der Waals surface area (Å²) in [6.07, 6.45) is 1.63. The Hall–Kier alpha value is -3.17. The summed E-state index contributed by atoms with van der Waals surface area (Å²) < 4.78 is 13.2. The Morgan fingerprint density at radius 1 is 1.30 bits per heavy atom. The molecule has 1 aromatic heterocycles. The minimum atomic E-state index is -0.728. The van der Waals surface area contributed by atoms with Gasteiger partial charge in [-0.15, -0.1) is 0 Å². The van der Waals surface area contributed by atoms with Crippen LogP contribution in [0.4, 0.5) is 0 Å². The number of phenolic OH excluding ortho intramolecular Hbond substituents is 1. The highest BCUT2D eigenvalue weighted by Crippen LogP contribution is 2.35. The molecule has 9 heteroatoms. The number of ether oxygens (including phenoxy) is 2. The van der Waals surface area contributed by atoms with Crippen molar-refractivity contribution < 1.29 is 19.4 Å². The monoisotopic (exact) mass is 528 g/mol. The number of benzene rings is 2. The molecule has 2 aromatic carbocycles. The molecule has 0 spiro atoms. The number of rotatable bonds is 5.